The van der Waals surface area contributed by atoms with Crippen LogP contribution in [0.1, 0.15) is 38.2 Å². The Labute approximate surface area is 119 Å². The zero-order valence-electron chi connectivity index (χ0n) is 12.2. The summed E-state index contributed by atoms with van der Waals surface area (Å²) < 4.78 is 0. The van der Waals surface area contributed by atoms with Gasteiger partial charge in [-0.15, -0.1) is 0 Å². The number of nitrogens with two attached hydrogens (primary N) is 1. The Bertz CT molecular complexity index is 504. The largest absolute Gasteiger partial charge is 0.378 e. The molecule has 0 amide bonds. The Balaban J connectivity index is 2.25. The molecule has 5 heteroatoms. The first-order valence-electron chi connectivity index (χ1n) is 7.22. The van der Waals surface area contributed by atoms with Crippen molar-refractivity contribution in [3.05, 3.63) is 33.9 Å². The smallest absolute Gasteiger partial charge is 0.269 e. The van der Waals surface area contributed by atoms with Gasteiger partial charge in [-0.05, 0) is 37.3 Å². The number of hydrogen-bond donors (Lipinski definition) is 2. The van der Waals surface area contributed by atoms with E-state index in [2.05, 4.69) is 12.2 Å². The molecular formula is C15H23N3O2. The van der Waals surface area contributed by atoms with Crippen LogP contribution in [0.2, 0.25) is 0 Å². The Morgan fingerprint density at radius 1 is 1.50 bits per heavy atom. The Hall–Kier alpha value is -1.62. The number of nitrogens with one attached hydrogen (secondary N) is 1. The van der Waals surface area contributed by atoms with E-state index in [0.717, 1.165) is 17.7 Å². The zero-order chi connectivity index (χ0) is 14.8. The minimum Gasteiger partial charge on any atom is -0.378 e. The molecule has 1 aliphatic rings. The molecule has 2 rings (SSSR count). The average molecular weight is 277 g/mol. The van der Waals surface area contributed by atoms with Crippen molar-refractivity contribution in [3.63, 3.8) is 0 Å². The minimum atomic E-state index is -0.362. The first-order valence-corrected chi connectivity index (χ1v) is 7.22. The highest BCUT2D eigenvalue weighted by Crippen LogP contribution is 2.36. The van der Waals surface area contributed by atoms with Crippen molar-refractivity contribution in [1.82, 2.24) is 0 Å². The van der Waals surface area contributed by atoms with Gasteiger partial charge in [0.1, 0.15) is 0 Å². The number of anilines is 1. The molecule has 2 unspecified atom stereocenters. The van der Waals surface area contributed by atoms with Crippen molar-refractivity contribution in [3.8, 4) is 0 Å². The lowest BCUT2D eigenvalue weighted by molar-refractivity contribution is -0.384. The molecule has 0 radical (unpaired) electrons. The molecule has 1 aliphatic carbocycles. The summed E-state index contributed by atoms with van der Waals surface area (Å²) in [5.41, 5.74) is 7.93. The fourth-order valence-corrected chi connectivity index (χ4v) is 3.12. The number of nitro groups is 1. The van der Waals surface area contributed by atoms with E-state index >= 15 is 0 Å². The van der Waals surface area contributed by atoms with Gasteiger partial charge in [-0.2, -0.15) is 0 Å². The van der Waals surface area contributed by atoms with Crippen LogP contribution >= 0.6 is 0 Å². The predicted molar refractivity (Wildman–Crippen MR) is 80.9 cm³/mol. The van der Waals surface area contributed by atoms with Crippen LogP contribution in [0, 0.1) is 23.0 Å². The van der Waals surface area contributed by atoms with Crippen LogP contribution in [0.25, 0.3) is 0 Å². The van der Waals surface area contributed by atoms with Gasteiger partial charge in [0.05, 0.1) is 10.5 Å². The van der Waals surface area contributed by atoms with Crippen LogP contribution in [0.15, 0.2) is 18.2 Å². The van der Waals surface area contributed by atoms with E-state index < -0.39 is 0 Å². The van der Waals surface area contributed by atoms with Crippen LogP contribution in [0.5, 0.6) is 0 Å². The number of hydrogen-bond acceptors (Lipinski definition) is 4. The Morgan fingerprint density at radius 2 is 2.25 bits per heavy atom. The van der Waals surface area contributed by atoms with E-state index in [-0.39, 0.29) is 16.1 Å². The highest BCUT2D eigenvalue weighted by atomic mass is 16.6. The average Bonchev–Trinajstić information content (AvgIpc) is 2.43. The Kier molecular flexibility index (Phi) is 4.28. The topological polar surface area (TPSA) is 81.2 Å². The van der Waals surface area contributed by atoms with Crippen molar-refractivity contribution in [2.45, 2.75) is 45.1 Å². The van der Waals surface area contributed by atoms with E-state index in [0.29, 0.717) is 12.5 Å². The van der Waals surface area contributed by atoms with Gasteiger partial charge in [-0.1, -0.05) is 19.8 Å². The number of aryl methyl sites for hydroxylation is 1. The van der Waals surface area contributed by atoms with Crippen molar-refractivity contribution < 1.29 is 4.92 Å². The monoisotopic (exact) mass is 277 g/mol. The summed E-state index contributed by atoms with van der Waals surface area (Å²) in [4.78, 5) is 10.4. The summed E-state index contributed by atoms with van der Waals surface area (Å²) in [6.45, 7) is 4.72. The van der Waals surface area contributed by atoms with Gasteiger partial charge in [-0.25, -0.2) is 0 Å². The molecule has 0 aliphatic heterocycles. The molecule has 20 heavy (non-hydrogen) atoms. The van der Waals surface area contributed by atoms with E-state index in [1.54, 1.807) is 18.2 Å². The summed E-state index contributed by atoms with van der Waals surface area (Å²) in [5.74, 6) is 0.510. The van der Waals surface area contributed by atoms with E-state index in [9.17, 15) is 10.1 Å². The first kappa shape index (κ1) is 14.8. The maximum atomic E-state index is 10.8. The molecule has 0 aromatic heterocycles. The second-order valence-electron chi connectivity index (χ2n) is 5.89. The van der Waals surface area contributed by atoms with Crippen LogP contribution in [0.4, 0.5) is 11.4 Å². The molecule has 3 N–H and O–H groups in total. The molecular weight excluding hydrogens is 254 g/mol. The number of nitrogens with zero attached hydrogens (tertiary/aromatic N) is 1. The molecule has 110 valence electrons. The van der Waals surface area contributed by atoms with Gasteiger partial charge in [0.25, 0.3) is 5.69 Å². The van der Waals surface area contributed by atoms with Gasteiger partial charge in [-0.3, -0.25) is 10.1 Å². The SMILES string of the molecule is Cc1cc([N+](=O)[O-])ccc1NC1(CN)CCCCC1C. The highest BCUT2D eigenvalue weighted by molar-refractivity contribution is 5.57. The van der Waals surface area contributed by atoms with Crippen molar-refractivity contribution >= 4 is 11.4 Å². The second-order valence-corrected chi connectivity index (χ2v) is 5.89. The third kappa shape index (κ3) is 2.77. The van der Waals surface area contributed by atoms with Crippen LogP contribution < -0.4 is 11.1 Å². The Morgan fingerprint density at radius 3 is 2.80 bits per heavy atom. The molecule has 5 nitrogen and oxygen atoms in total. The second kappa shape index (κ2) is 5.79. The van der Waals surface area contributed by atoms with E-state index in [1.807, 2.05) is 6.92 Å². The summed E-state index contributed by atoms with van der Waals surface area (Å²) in [7, 11) is 0. The molecule has 1 fully saturated rings. The maximum absolute atomic E-state index is 10.8. The third-order valence-corrected chi connectivity index (χ3v) is 4.62. The van der Waals surface area contributed by atoms with Gasteiger partial charge >= 0.3 is 0 Å². The zero-order valence-corrected chi connectivity index (χ0v) is 12.2. The quantitative estimate of drug-likeness (QED) is 0.654. The van der Waals surface area contributed by atoms with Gasteiger partial charge in [0.2, 0.25) is 0 Å². The molecule has 1 saturated carbocycles. The predicted octanol–water partition coefficient (Wildman–Crippen LogP) is 3.22. The van der Waals surface area contributed by atoms with Crippen molar-refractivity contribution in [1.29, 1.82) is 0 Å². The number of benzene rings is 1. The summed E-state index contributed by atoms with van der Waals surface area (Å²) in [5, 5.41) is 14.4. The molecule has 1 aromatic carbocycles. The molecule has 0 heterocycles. The van der Waals surface area contributed by atoms with Gasteiger partial charge < -0.3 is 11.1 Å². The number of non-ortho nitro benzene ring substituents is 1. The van der Waals surface area contributed by atoms with Crippen molar-refractivity contribution in [2.75, 3.05) is 11.9 Å². The fourth-order valence-electron chi connectivity index (χ4n) is 3.12. The standard InChI is InChI=1S/C15H23N3O2/c1-11-9-13(18(19)20)6-7-14(11)17-15(10-16)8-4-3-5-12(15)2/h6-7,9,12,17H,3-5,8,10,16H2,1-2H3. The fraction of sp³-hybridized carbons (Fsp3) is 0.600. The lowest BCUT2D eigenvalue weighted by atomic mass is 9.73. The van der Waals surface area contributed by atoms with Gasteiger partial charge in [0, 0.05) is 24.4 Å². The summed E-state index contributed by atoms with van der Waals surface area (Å²) >= 11 is 0. The molecule has 0 spiro atoms. The molecule has 2 atom stereocenters. The first-order chi connectivity index (χ1) is 9.48. The van der Waals surface area contributed by atoms with Gasteiger partial charge in [0.15, 0.2) is 0 Å². The van der Waals surface area contributed by atoms with Crippen LogP contribution in [0.3, 0.4) is 0 Å². The number of nitro benzene ring substituents is 1. The van der Waals surface area contributed by atoms with Crippen LogP contribution in [-0.2, 0) is 0 Å². The lowest BCUT2D eigenvalue weighted by Crippen LogP contribution is -2.52. The number of rotatable bonds is 4. The van der Waals surface area contributed by atoms with E-state index in [4.69, 9.17) is 5.73 Å². The summed E-state index contributed by atoms with van der Waals surface area (Å²) in [6.07, 6.45) is 4.67. The molecule has 0 bridgehead atoms. The molecule has 0 saturated heterocycles. The minimum absolute atomic E-state index is 0.0842. The van der Waals surface area contributed by atoms with Crippen molar-refractivity contribution in [2.24, 2.45) is 11.7 Å². The highest BCUT2D eigenvalue weighted by Gasteiger charge is 2.37. The third-order valence-electron chi connectivity index (χ3n) is 4.62. The normalized spacial score (nSPS) is 26.2. The van der Waals surface area contributed by atoms with E-state index in [1.165, 1.54) is 19.3 Å². The lowest BCUT2D eigenvalue weighted by Gasteiger charge is -2.43. The molecule has 1 aromatic rings. The maximum Gasteiger partial charge on any atom is 0.269 e. The summed E-state index contributed by atoms with van der Waals surface area (Å²) in [6, 6.07) is 4.96. The van der Waals surface area contributed by atoms with Crippen LogP contribution in [-0.4, -0.2) is 17.0 Å².